The van der Waals surface area contributed by atoms with Crippen molar-refractivity contribution in [3.05, 3.63) is 23.3 Å². The normalized spacial score (nSPS) is 24.5. The van der Waals surface area contributed by atoms with Crippen LogP contribution in [-0.4, -0.2) is 49.0 Å². The van der Waals surface area contributed by atoms with Crippen molar-refractivity contribution in [3.63, 3.8) is 0 Å². The summed E-state index contributed by atoms with van der Waals surface area (Å²) in [5.74, 6) is -1.44. The molecular formula is C12H13NO5. The number of methoxy groups -OCH3 is 2. The molecule has 2 aliphatic heterocycles. The highest BCUT2D eigenvalue weighted by molar-refractivity contribution is 6.06. The van der Waals surface area contributed by atoms with E-state index in [0.717, 1.165) is 0 Å². The Hall–Kier alpha value is -2.11. The summed E-state index contributed by atoms with van der Waals surface area (Å²) in [5, 5.41) is 0. The van der Waals surface area contributed by atoms with Crippen molar-refractivity contribution < 1.29 is 23.9 Å². The van der Waals surface area contributed by atoms with Crippen LogP contribution in [0.3, 0.4) is 0 Å². The number of hydrogen-bond acceptors (Lipinski definition) is 5. The van der Waals surface area contributed by atoms with Crippen molar-refractivity contribution in [1.82, 2.24) is 4.90 Å². The van der Waals surface area contributed by atoms with E-state index in [2.05, 4.69) is 9.47 Å². The zero-order valence-electron chi connectivity index (χ0n) is 10.3. The monoisotopic (exact) mass is 251 g/mol. The molecule has 96 valence electrons. The van der Waals surface area contributed by atoms with Gasteiger partial charge in [-0.2, -0.15) is 0 Å². The summed E-state index contributed by atoms with van der Waals surface area (Å²) in [6, 6.07) is -1.07. The number of hydrogen-bond donors (Lipinski definition) is 0. The molecule has 0 saturated heterocycles. The molecule has 2 heterocycles. The van der Waals surface area contributed by atoms with Gasteiger partial charge < -0.3 is 14.4 Å². The van der Waals surface area contributed by atoms with E-state index in [4.69, 9.17) is 0 Å². The van der Waals surface area contributed by atoms with Crippen molar-refractivity contribution >= 4 is 17.8 Å². The van der Waals surface area contributed by atoms with Gasteiger partial charge in [0.25, 0.3) is 0 Å². The van der Waals surface area contributed by atoms with Gasteiger partial charge in [0.05, 0.1) is 37.4 Å². The van der Waals surface area contributed by atoms with Crippen molar-refractivity contribution in [3.8, 4) is 0 Å². The summed E-state index contributed by atoms with van der Waals surface area (Å²) in [6.45, 7) is 1.39. The molecule has 0 aromatic carbocycles. The fraction of sp³-hybridized carbons (Fsp3) is 0.417. The van der Waals surface area contributed by atoms with Gasteiger partial charge in [-0.3, -0.25) is 4.79 Å². The van der Waals surface area contributed by atoms with Crippen molar-refractivity contribution in [1.29, 1.82) is 0 Å². The van der Waals surface area contributed by atoms with E-state index in [-0.39, 0.29) is 17.1 Å². The van der Waals surface area contributed by atoms with Crippen LogP contribution in [0, 0.1) is 0 Å². The molecule has 0 aliphatic carbocycles. The van der Waals surface area contributed by atoms with Gasteiger partial charge in [0.2, 0.25) is 5.91 Å². The highest BCUT2D eigenvalue weighted by Crippen LogP contribution is 2.38. The lowest BCUT2D eigenvalue weighted by Crippen LogP contribution is -2.37. The number of esters is 2. The zero-order valence-corrected chi connectivity index (χ0v) is 10.3. The molecule has 0 N–H and O–H groups in total. The first-order chi connectivity index (χ1) is 8.52. The molecule has 0 saturated carbocycles. The smallest absolute Gasteiger partial charge is 0.336 e. The molecule has 2 atom stereocenters. The van der Waals surface area contributed by atoms with Crippen LogP contribution in [0.25, 0.3) is 0 Å². The van der Waals surface area contributed by atoms with E-state index < -0.39 is 24.0 Å². The molecule has 0 aromatic rings. The Balaban J connectivity index is 2.49. The molecular weight excluding hydrogens is 238 g/mol. The van der Waals surface area contributed by atoms with Gasteiger partial charge in [-0.15, -0.1) is 0 Å². The Kier molecular flexibility index (Phi) is 2.94. The van der Waals surface area contributed by atoms with Crippen LogP contribution in [0.15, 0.2) is 23.3 Å². The van der Waals surface area contributed by atoms with Crippen molar-refractivity contribution in [2.24, 2.45) is 0 Å². The SMILES string of the molecule is COC(=O)C1=C(C(=O)OC)C2C=CC1N2C(C)=O. The number of rotatable bonds is 2. The maximum Gasteiger partial charge on any atom is 0.336 e. The zero-order chi connectivity index (χ0) is 13.4. The largest absolute Gasteiger partial charge is 0.466 e. The molecule has 6 heteroatoms. The van der Waals surface area contributed by atoms with E-state index in [1.54, 1.807) is 12.2 Å². The first-order valence-corrected chi connectivity index (χ1v) is 5.40. The van der Waals surface area contributed by atoms with Gasteiger partial charge >= 0.3 is 11.9 Å². The van der Waals surface area contributed by atoms with Gasteiger partial charge in [0.15, 0.2) is 0 Å². The quantitative estimate of drug-likeness (QED) is 0.502. The minimum absolute atomic E-state index is 0.187. The summed E-state index contributed by atoms with van der Waals surface area (Å²) in [4.78, 5) is 36.5. The number of carbonyl (C=O) groups is 3. The predicted molar refractivity (Wildman–Crippen MR) is 60.3 cm³/mol. The molecule has 2 unspecified atom stereocenters. The molecule has 6 nitrogen and oxygen atoms in total. The van der Waals surface area contributed by atoms with Gasteiger partial charge in [-0.05, 0) is 0 Å². The number of amides is 1. The molecule has 2 bridgehead atoms. The topological polar surface area (TPSA) is 72.9 Å². The highest BCUT2D eigenvalue weighted by Gasteiger charge is 2.49. The van der Waals surface area contributed by atoms with Crippen molar-refractivity contribution in [2.45, 2.75) is 19.0 Å². The Labute approximate surface area is 104 Å². The summed E-state index contributed by atoms with van der Waals surface area (Å²) >= 11 is 0. The molecule has 0 spiro atoms. The third-order valence-electron chi connectivity index (χ3n) is 3.13. The third-order valence-corrected chi connectivity index (χ3v) is 3.13. The molecule has 0 radical (unpaired) electrons. The van der Waals surface area contributed by atoms with Crippen LogP contribution in [0.2, 0.25) is 0 Å². The summed E-state index contributed by atoms with van der Waals surface area (Å²) in [7, 11) is 2.47. The Morgan fingerprint density at radius 2 is 1.39 bits per heavy atom. The Bertz CT molecular complexity index is 455. The number of nitrogens with zero attached hydrogens (tertiary/aromatic N) is 1. The second-order valence-electron chi connectivity index (χ2n) is 4.01. The maximum atomic E-state index is 11.7. The summed E-state index contributed by atoms with van der Waals surface area (Å²) in [6.07, 6.45) is 3.43. The van der Waals surface area contributed by atoms with Crippen LogP contribution in [-0.2, 0) is 23.9 Å². The minimum atomic E-state index is -0.612. The lowest BCUT2D eigenvalue weighted by atomic mass is 9.97. The van der Waals surface area contributed by atoms with E-state index in [1.807, 2.05) is 0 Å². The van der Waals surface area contributed by atoms with Gasteiger partial charge in [-0.1, -0.05) is 12.2 Å². The molecule has 0 fully saturated rings. The average Bonchev–Trinajstić information content (AvgIpc) is 2.91. The van der Waals surface area contributed by atoms with Gasteiger partial charge in [0, 0.05) is 6.92 Å². The number of fused-ring (bicyclic) bond motifs is 2. The van der Waals surface area contributed by atoms with Gasteiger partial charge in [-0.25, -0.2) is 9.59 Å². The Morgan fingerprint density at radius 3 is 1.67 bits per heavy atom. The van der Waals surface area contributed by atoms with Crippen LogP contribution in [0.1, 0.15) is 6.92 Å². The van der Waals surface area contributed by atoms with E-state index in [0.29, 0.717) is 0 Å². The second-order valence-corrected chi connectivity index (χ2v) is 4.01. The number of ether oxygens (including phenoxy) is 2. The van der Waals surface area contributed by atoms with Gasteiger partial charge in [0.1, 0.15) is 0 Å². The predicted octanol–water partition coefficient (Wildman–Crippen LogP) is -0.202. The molecule has 1 amide bonds. The first kappa shape index (κ1) is 12.3. The minimum Gasteiger partial charge on any atom is -0.466 e. The summed E-state index contributed by atoms with van der Waals surface area (Å²) < 4.78 is 9.33. The highest BCUT2D eigenvalue weighted by atomic mass is 16.5. The standard InChI is InChI=1S/C12H13NO5/c1-6(14)13-7-4-5-8(13)10(12(16)18-3)9(7)11(15)17-2/h4-5,7-8H,1-3H3. The van der Waals surface area contributed by atoms with Crippen LogP contribution in [0.5, 0.6) is 0 Å². The fourth-order valence-electron chi connectivity index (χ4n) is 2.43. The van der Waals surface area contributed by atoms with Crippen LogP contribution in [0.4, 0.5) is 0 Å². The molecule has 2 aliphatic rings. The molecule has 0 aromatic heterocycles. The van der Waals surface area contributed by atoms with Crippen LogP contribution >= 0.6 is 0 Å². The van der Waals surface area contributed by atoms with E-state index in [1.165, 1.54) is 26.0 Å². The Morgan fingerprint density at radius 1 is 1.00 bits per heavy atom. The summed E-state index contributed by atoms with van der Waals surface area (Å²) in [5.41, 5.74) is 0.374. The lowest BCUT2D eigenvalue weighted by molar-refractivity contribution is -0.139. The lowest BCUT2D eigenvalue weighted by Gasteiger charge is -2.21. The van der Waals surface area contributed by atoms with E-state index in [9.17, 15) is 14.4 Å². The average molecular weight is 251 g/mol. The number of carbonyl (C=O) groups excluding carboxylic acids is 3. The molecule has 18 heavy (non-hydrogen) atoms. The maximum absolute atomic E-state index is 11.7. The first-order valence-electron chi connectivity index (χ1n) is 5.40. The third kappa shape index (κ3) is 1.53. The fourth-order valence-corrected chi connectivity index (χ4v) is 2.43. The second kappa shape index (κ2) is 4.29. The van der Waals surface area contributed by atoms with E-state index >= 15 is 0 Å². The van der Waals surface area contributed by atoms with Crippen molar-refractivity contribution in [2.75, 3.05) is 14.2 Å². The van der Waals surface area contributed by atoms with Crippen LogP contribution < -0.4 is 0 Å². The molecule has 2 rings (SSSR count).